The number of hydrogen-bond acceptors (Lipinski definition) is 2. The Morgan fingerprint density at radius 3 is 2.65 bits per heavy atom. The Labute approximate surface area is 123 Å². The van der Waals surface area contributed by atoms with Gasteiger partial charge in [0.05, 0.1) is 0 Å². The summed E-state index contributed by atoms with van der Waals surface area (Å²) in [6, 6.07) is 16.5. The third kappa shape index (κ3) is 4.59. The second-order valence-corrected chi connectivity index (χ2v) is 5.02. The van der Waals surface area contributed by atoms with Gasteiger partial charge in [0.2, 0.25) is 0 Å². The van der Waals surface area contributed by atoms with Crippen LogP contribution in [0.2, 0.25) is 5.02 Å². The number of benzene rings is 2. The molecule has 0 aliphatic heterocycles. The smallest absolute Gasteiger partial charge is 0.410 e. The van der Waals surface area contributed by atoms with E-state index in [4.69, 9.17) is 16.3 Å². The van der Waals surface area contributed by atoms with Crippen LogP contribution in [0.15, 0.2) is 54.6 Å². The van der Waals surface area contributed by atoms with Gasteiger partial charge in [-0.1, -0.05) is 41.9 Å². The van der Waals surface area contributed by atoms with Crippen molar-refractivity contribution in [3.05, 3.63) is 65.2 Å². The molecule has 0 saturated carbocycles. The number of carbonyl (C=O) groups excluding carboxylic acids is 1. The van der Waals surface area contributed by atoms with Crippen LogP contribution in [-0.2, 0) is 6.42 Å². The van der Waals surface area contributed by atoms with Gasteiger partial charge in [0.15, 0.2) is 0 Å². The van der Waals surface area contributed by atoms with E-state index in [0.29, 0.717) is 17.2 Å². The number of ether oxygens (including phenoxy) is 1. The summed E-state index contributed by atoms with van der Waals surface area (Å²) in [7, 11) is 0. The highest BCUT2D eigenvalue weighted by atomic mass is 35.5. The largest absolute Gasteiger partial charge is 0.412 e. The van der Waals surface area contributed by atoms with Crippen molar-refractivity contribution < 1.29 is 9.53 Å². The van der Waals surface area contributed by atoms with E-state index < -0.39 is 6.09 Å². The molecule has 4 heteroatoms. The van der Waals surface area contributed by atoms with Gasteiger partial charge in [0.1, 0.15) is 5.75 Å². The van der Waals surface area contributed by atoms with Crippen LogP contribution in [0.25, 0.3) is 0 Å². The number of carbonyl (C=O) groups is 1. The molecule has 0 aliphatic rings. The quantitative estimate of drug-likeness (QED) is 0.922. The van der Waals surface area contributed by atoms with Crippen molar-refractivity contribution in [3.63, 3.8) is 0 Å². The van der Waals surface area contributed by atoms with Gasteiger partial charge in [0, 0.05) is 11.1 Å². The lowest BCUT2D eigenvalue weighted by molar-refractivity contribution is 0.197. The minimum Gasteiger partial charge on any atom is -0.410 e. The lowest BCUT2D eigenvalue weighted by atomic mass is 10.1. The second kappa shape index (κ2) is 6.96. The molecule has 0 bridgehead atoms. The van der Waals surface area contributed by atoms with Crippen molar-refractivity contribution in [2.75, 3.05) is 0 Å². The van der Waals surface area contributed by atoms with Crippen LogP contribution in [0.5, 0.6) is 5.75 Å². The molecule has 2 aromatic carbocycles. The minimum atomic E-state index is -0.453. The molecule has 3 nitrogen and oxygen atoms in total. The molecule has 1 amide bonds. The molecule has 0 spiro atoms. The number of amides is 1. The fourth-order valence-electron chi connectivity index (χ4n) is 1.89. The van der Waals surface area contributed by atoms with Gasteiger partial charge >= 0.3 is 6.09 Å². The number of hydrogen-bond donors (Lipinski definition) is 1. The monoisotopic (exact) mass is 289 g/mol. The molecule has 0 heterocycles. The topological polar surface area (TPSA) is 38.3 Å². The van der Waals surface area contributed by atoms with Gasteiger partial charge in [-0.05, 0) is 43.2 Å². The summed E-state index contributed by atoms with van der Waals surface area (Å²) in [6.07, 6.45) is 0.246. The van der Waals surface area contributed by atoms with Crippen LogP contribution in [0.1, 0.15) is 12.5 Å². The highest BCUT2D eigenvalue weighted by molar-refractivity contribution is 6.30. The number of halogens is 1. The van der Waals surface area contributed by atoms with Crippen LogP contribution in [0, 0.1) is 0 Å². The van der Waals surface area contributed by atoms with Crippen LogP contribution < -0.4 is 10.1 Å². The maximum absolute atomic E-state index is 11.7. The first kappa shape index (κ1) is 14.4. The third-order valence-electron chi connectivity index (χ3n) is 2.75. The first-order valence-electron chi connectivity index (χ1n) is 6.41. The first-order valence-corrected chi connectivity index (χ1v) is 6.79. The second-order valence-electron chi connectivity index (χ2n) is 4.58. The zero-order valence-corrected chi connectivity index (χ0v) is 11.9. The highest BCUT2D eigenvalue weighted by Crippen LogP contribution is 2.12. The summed E-state index contributed by atoms with van der Waals surface area (Å²) < 4.78 is 5.17. The molecule has 0 aliphatic carbocycles. The molecule has 0 saturated heterocycles. The predicted molar refractivity (Wildman–Crippen MR) is 80.2 cm³/mol. The third-order valence-corrected chi connectivity index (χ3v) is 2.98. The predicted octanol–water partition coefficient (Wildman–Crippen LogP) is 4.06. The fraction of sp³-hybridized carbons (Fsp3) is 0.188. The Bertz CT molecular complexity index is 572. The summed E-state index contributed by atoms with van der Waals surface area (Å²) in [6.45, 7) is 1.92. The van der Waals surface area contributed by atoms with Crippen molar-refractivity contribution >= 4 is 17.7 Å². The van der Waals surface area contributed by atoms with Gasteiger partial charge < -0.3 is 10.1 Å². The molecule has 0 fully saturated rings. The van der Waals surface area contributed by atoms with E-state index in [9.17, 15) is 4.79 Å². The minimum absolute atomic E-state index is 0.0373. The maximum Gasteiger partial charge on any atom is 0.412 e. The molecule has 2 rings (SSSR count). The Morgan fingerprint density at radius 1 is 1.20 bits per heavy atom. The highest BCUT2D eigenvalue weighted by Gasteiger charge is 2.10. The average molecular weight is 290 g/mol. The number of para-hydroxylation sites is 1. The molecule has 20 heavy (non-hydrogen) atoms. The molecule has 104 valence electrons. The van der Waals surface area contributed by atoms with Crippen molar-refractivity contribution in [2.45, 2.75) is 19.4 Å². The lowest BCUT2D eigenvalue weighted by Crippen LogP contribution is -2.36. The van der Waals surface area contributed by atoms with E-state index in [0.717, 1.165) is 5.56 Å². The molecule has 0 radical (unpaired) electrons. The van der Waals surface area contributed by atoms with Crippen molar-refractivity contribution in [2.24, 2.45) is 0 Å². The zero-order chi connectivity index (χ0) is 14.4. The summed E-state index contributed by atoms with van der Waals surface area (Å²) in [5.74, 6) is 0.528. The van der Waals surface area contributed by atoms with E-state index in [2.05, 4.69) is 5.32 Å². The maximum atomic E-state index is 11.7. The van der Waals surface area contributed by atoms with Gasteiger partial charge in [-0.2, -0.15) is 0 Å². The fourth-order valence-corrected chi connectivity index (χ4v) is 2.11. The lowest BCUT2D eigenvalue weighted by Gasteiger charge is -2.14. The summed E-state index contributed by atoms with van der Waals surface area (Å²) in [5, 5.41) is 3.49. The molecular weight excluding hydrogens is 274 g/mol. The average Bonchev–Trinajstić information content (AvgIpc) is 2.39. The summed E-state index contributed by atoms with van der Waals surface area (Å²) in [5.41, 5.74) is 1.07. The van der Waals surface area contributed by atoms with E-state index in [1.807, 2.05) is 49.4 Å². The van der Waals surface area contributed by atoms with Crippen LogP contribution in [0.4, 0.5) is 4.79 Å². The van der Waals surface area contributed by atoms with E-state index in [1.165, 1.54) is 0 Å². The Balaban J connectivity index is 1.85. The summed E-state index contributed by atoms with van der Waals surface area (Å²) in [4.78, 5) is 11.7. The van der Waals surface area contributed by atoms with Gasteiger partial charge in [-0.25, -0.2) is 4.79 Å². The molecule has 1 atom stereocenters. The van der Waals surface area contributed by atoms with Crippen molar-refractivity contribution in [1.29, 1.82) is 0 Å². The van der Waals surface area contributed by atoms with Crippen LogP contribution in [-0.4, -0.2) is 12.1 Å². The van der Waals surface area contributed by atoms with Crippen LogP contribution in [0.3, 0.4) is 0 Å². The molecular formula is C16H16ClNO2. The van der Waals surface area contributed by atoms with E-state index >= 15 is 0 Å². The van der Waals surface area contributed by atoms with Crippen molar-refractivity contribution in [1.82, 2.24) is 5.32 Å². The molecule has 0 aromatic heterocycles. The van der Waals surface area contributed by atoms with E-state index in [1.54, 1.807) is 12.1 Å². The molecule has 2 aromatic rings. The Kier molecular flexibility index (Phi) is 5.02. The molecule has 1 unspecified atom stereocenters. The molecule has 1 N–H and O–H groups in total. The number of nitrogens with one attached hydrogen (secondary N) is 1. The van der Waals surface area contributed by atoms with E-state index in [-0.39, 0.29) is 6.04 Å². The van der Waals surface area contributed by atoms with Gasteiger partial charge in [-0.3, -0.25) is 0 Å². The normalized spacial score (nSPS) is 11.7. The standard InChI is InChI=1S/C16H16ClNO2/c1-12(10-13-6-5-7-14(17)11-13)18-16(19)20-15-8-3-2-4-9-15/h2-9,11-12H,10H2,1H3,(H,18,19). The SMILES string of the molecule is CC(Cc1cccc(Cl)c1)NC(=O)Oc1ccccc1. The zero-order valence-electron chi connectivity index (χ0n) is 11.2. The van der Waals surface area contributed by atoms with Gasteiger partial charge in [-0.15, -0.1) is 0 Å². The Morgan fingerprint density at radius 2 is 1.95 bits per heavy atom. The number of rotatable bonds is 4. The van der Waals surface area contributed by atoms with Gasteiger partial charge in [0.25, 0.3) is 0 Å². The Hall–Kier alpha value is -2.00. The summed E-state index contributed by atoms with van der Waals surface area (Å²) >= 11 is 5.93. The first-order chi connectivity index (χ1) is 9.63. The van der Waals surface area contributed by atoms with Crippen molar-refractivity contribution in [3.8, 4) is 5.75 Å². The van der Waals surface area contributed by atoms with Crippen LogP contribution >= 0.6 is 11.6 Å².